The van der Waals surface area contributed by atoms with Crippen LogP contribution in [0.2, 0.25) is 10.0 Å². The maximum atomic E-state index is 13.7. The van der Waals surface area contributed by atoms with Gasteiger partial charge in [-0.1, -0.05) is 41.4 Å². The molecule has 2 heterocycles. The molecule has 0 saturated heterocycles. The summed E-state index contributed by atoms with van der Waals surface area (Å²) in [7, 11) is 0. The fourth-order valence-corrected chi connectivity index (χ4v) is 2.46. The number of carbonyl (C=O) groups is 1. The van der Waals surface area contributed by atoms with Crippen LogP contribution in [0.15, 0.2) is 42.9 Å². The Kier molecular flexibility index (Phi) is 4.82. The summed E-state index contributed by atoms with van der Waals surface area (Å²) in [4.78, 5) is 12.0. The molecule has 1 amide bonds. The topological polar surface area (TPSA) is 64.7 Å². The average Bonchev–Trinajstić information content (AvgIpc) is 3.08. The van der Waals surface area contributed by atoms with Crippen molar-refractivity contribution < 1.29 is 9.18 Å². The number of nitrogens with zero attached hydrogens (tertiary/aromatic N) is 4. The minimum atomic E-state index is -0.354. The lowest BCUT2D eigenvalue weighted by molar-refractivity contribution is -0.116. The van der Waals surface area contributed by atoms with Crippen LogP contribution in [0.4, 0.5) is 10.2 Å². The molecule has 0 fully saturated rings. The van der Waals surface area contributed by atoms with Gasteiger partial charge in [-0.05, 0) is 6.07 Å². The lowest BCUT2D eigenvalue weighted by Crippen LogP contribution is -2.19. The summed E-state index contributed by atoms with van der Waals surface area (Å²) in [5, 5.41) is 11.4. The predicted octanol–water partition coefficient (Wildman–Crippen LogP) is 3.21. The van der Waals surface area contributed by atoms with Crippen molar-refractivity contribution in [3.8, 4) is 0 Å². The van der Waals surface area contributed by atoms with E-state index in [2.05, 4.69) is 15.5 Å². The molecule has 0 atom stereocenters. The molecule has 0 spiro atoms. The maximum Gasteiger partial charge on any atom is 0.247 e. The first-order valence-electron chi connectivity index (χ1n) is 6.95. The number of carbonyl (C=O) groups excluding carboxylic acids is 1. The molecule has 3 aromatic rings. The van der Waals surface area contributed by atoms with E-state index < -0.39 is 0 Å². The molecule has 124 valence electrons. The number of rotatable bonds is 5. The number of amides is 1. The van der Waals surface area contributed by atoms with Crippen molar-refractivity contribution in [3.05, 3.63) is 64.3 Å². The van der Waals surface area contributed by atoms with Gasteiger partial charge in [-0.25, -0.2) is 4.39 Å². The Morgan fingerprint density at radius 1 is 1.21 bits per heavy atom. The van der Waals surface area contributed by atoms with Gasteiger partial charge in [-0.3, -0.25) is 14.2 Å². The monoisotopic (exact) mass is 367 g/mol. The van der Waals surface area contributed by atoms with Gasteiger partial charge >= 0.3 is 0 Å². The molecular formula is C15H12Cl2FN5O. The number of benzene rings is 1. The summed E-state index contributed by atoms with van der Waals surface area (Å²) >= 11 is 11.8. The molecule has 3 rings (SSSR count). The number of hydrogen-bond acceptors (Lipinski definition) is 3. The van der Waals surface area contributed by atoms with Crippen LogP contribution in [-0.4, -0.2) is 25.5 Å². The lowest BCUT2D eigenvalue weighted by atomic mass is 10.2. The Hall–Kier alpha value is -2.38. The van der Waals surface area contributed by atoms with Crippen LogP contribution in [0.25, 0.3) is 0 Å². The van der Waals surface area contributed by atoms with Crippen LogP contribution in [0.5, 0.6) is 0 Å². The van der Waals surface area contributed by atoms with E-state index in [-0.39, 0.29) is 35.7 Å². The first kappa shape index (κ1) is 16.5. The molecule has 1 N–H and O–H groups in total. The number of aromatic nitrogens is 4. The van der Waals surface area contributed by atoms with E-state index in [1.807, 2.05) is 0 Å². The summed E-state index contributed by atoms with van der Waals surface area (Å²) in [6.07, 6.45) is 4.48. The average molecular weight is 368 g/mol. The first-order chi connectivity index (χ1) is 11.5. The highest BCUT2D eigenvalue weighted by Gasteiger charge is 2.12. The van der Waals surface area contributed by atoms with E-state index in [1.54, 1.807) is 18.2 Å². The van der Waals surface area contributed by atoms with E-state index in [4.69, 9.17) is 23.2 Å². The molecule has 0 bridgehead atoms. The molecule has 0 aliphatic rings. The summed E-state index contributed by atoms with van der Waals surface area (Å²) < 4.78 is 16.5. The highest BCUT2D eigenvalue weighted by Crippen LogP contribution is 2.20. The normalized spacial score (nSPS) is 10.8. The molecule has 2 aromatic heterocycles. The zero-order valence-corrected chi connectivity index (χ0v) is 13.8. The standard InChI is InChI=1S/C15H12Cl2FN5O/c16-11-5-19-22(7-11)9-14(24)20-15-12(17)8-23(21-15)6-10-3-1-2-4-13(10)18/h1-5,7-8H,6,9H2,(H,20,21,24). The maximum absolute atomic E-state index is 13.7. The van der Waals surface area contributed by atoms with Crippen molar-refractivity contribution >= 4 is 34.9 Å². The van der Waals surface area contributed by atoms with Gasteiger partial charge in [0.15, 0.2) is 5.82 Å². The third-order valence-corrected chi connectivity index (χ3v) is 3.64. The van der Waals surface area contributed by atoms with Gasteiger partial charge in [0.25, 0.3) is 0 Å². The van der Waals surface area contributed by atoms with Crippen LogP contribution in [0, 0.1) is 5.82 Å². The molecule has 0 radical (unpaired) electrons. The minimum absolute atomic E-state index is 0.0246. The van der Waals surface area contributed by atoms with E-state index in [0.717, 1.165) is 0 Å². The van der Waals surface area contributed by atoms with Gasteiger partial charge in [0.1, 0.15) is 17.4 Å². The third-order valence-electron chi connectivity index (χ3n) is 3.17. The highest BCUT2D eigenvalue weighted by molar-refractivity contribution is 6.33. The number of hydrogen-bond donors (Lipinski definition) is 1. The Labute approximate surface area is 146 Å². The molecule has 1 aromatic carbocycles. The summed E-state index contributed by atoms with van der Waals surface area (Å²) in [5.41, 5.74) is 0.473. The van der Waals surface area contributed by atoms with Crippen molar-refractivity contribution in [2.24, 2.45) is 0 Å². The second-order valence-electron chi connectivity index (χ2n) is 5.02. The number of halogens is 3. The zero-order chi connectivity index (χ0) is 17.1. The van der Waals surface area contributed by atoms with E-state index in [1.165, 1.54) is 34.0 Å². The van der Waals surface area contributed by atoms with Crippen LogP contribution in [0.3, 0.4) is 0 Å². The van der Waals surface area contributed by atoms with Gasteiger partial charge < -0.3 is 5.32 Å². The highest BCUT2D eigenvalue weighted by atomic mass is 35.5. The van der Waals surface area contributed by atoms with Crippen LogP contribution >= 0.6 is 23.2 Å². The quantitative estimate of drug-likeness (QED) is 0.752. The molecule has 0 aliphatic heterocycles. The summed E-state index contributed by atoms with van der Waals surface area (Å²) in [5.74, 6) is -0.477. The SMILES string of the molecule is O=C(Cn1cc(Cl)cn1)Nc1nn(Cc2ccccc2F)cc1Cl. The van der Waals surface area contributed by atoms with E-state index in [0.29, 0.717) is 10.6 Å². The largest absolute Gasteiger partial charge is 0.306 e. The molecule has 0 unspecified atom stereocenters. The molecular weight excluding hydrogens is 356 g/mol. The van der Waals surface area contributed by atoms with Gasteiger partial charge in [-0.15, -0.1) is 0 Å². The molecule has 9 heteroatoms. The minimum Gasteiger partial charge on any atom is -0.306 e. The summed E-state index contributed by atoms with van der Waals surface area (Å²) in [6, 6.07) is 6.38. The number of anilines is 1. The Morgan fingerprint density at radius 3 is 2.71 bits per heavy atom. The third kappa shape index (κ3) is 3.93. The van der Waals surface area contributed by atoms with Crippen molar-refractivity contribution in [1.29, 1.82) is 0 Å². The van der Waals surface area contributed by atoms with Crippen LogP contribution in [-0.2, 0) is 17.9 Å². The second-order valence-corrected chi connectivity index (χ2v) is 5.86. The van der Waals surface area contributed by atoms with Crippen molar-refractivity contribution in [3.63, 3.8) is 0 Å². The lowest BCUT2D eigenvalue weighted by Gasteiger charge is -2.04. The van der Waals surface area contributed by atoms with E-state index >= 15 is 0 Å². The molecule has 0 saturated carbocycles. The van der Waals surface area contributed by atoms with E-state index in [9.17, 15) is 9.18 Å². The molecule has 24 heavy (non-hydrogen) atoms. The molecule has 6 nitrogen and oxygen atoms in total. The predicted molar refractivity (Wildman–Crippen MR) is 88.6 cm³/mol. The van der Waals surface area contributed by atoms with Crippen molar-refractivity contribution in [2.75, 3.05) is 5.32 Å². The van der Waals surface area contributed by atoms with Crippen LogP contribution in [0.1, 0.15) is 5.56 Å². The van der Waals surface area contributed by atoms with Crippen LogP contribution < -0.4 is 5.32 Å². The summed E-state index contributed by atoms with van der Waals surface area (Å²) in [6.45, 7) is 0.181. The fourth-order valence-electron chi connectivity index (χ4n) is 2.11. The Balaban J connectivity index is 1.67. The van der Waals surface area contributed by atoms with Gasteiger partial charge in [0.05, 0.1) is 17.8 Å². The van der Waals surface area contributed by atoms with Crippen molar-refractivity contribution in [1.82, 2.24) is 19.6 Å². The van der Waals surface area contributed by atoms with Gasteiger partial charge in [-0.2, -0.15) is 10.2 Å². The smallest absolute Gasteiger partial charge is 0.247 e. The fraction of sp³-hybridized carbons (Fsp3) is 0.133. The Morgan fingerprint density at radius 2 is 2.00 bits per heavy atom. The van der Waals surface area contributed by atoms with Gasteiger partial charge in [0, 0.05) is 18.0 Å². The first-order valence-corrected chi connectivity index (χ1v) is 7.71. The zero-order valence-electron chi connectivity index (χ0n) is 12.3. The second kappa shape index (κ2) is 7.02. The Bertz CT molecular complexity index is 876. The van der Waals surface area contributed by atoms with Crippen molar-refractivity contribution in [2.45, 2.75) is 13.1 Å². The van der Waals surface area contributed by atoms with Gasteiger partial charge in [0.2, 0.25) is 5.91 Å². The molecule has 0 aliphatic carbocycles. The number of nitrogens with one attached hydrogen (secondary N) is 1.